The summed E-state index contributed by atoms with van der Waals surface area (Å²) in [5, 5.41) is 0. The van der Waals surface area contributed by atoms with E-state index < -0.39 is 21.3 Å². The van der Waals surface area contributed by atoms with Crippen molar-refractivity contribution in [1.82, 2.24) is 14.3 Å². The van der Waals surface area contributed by atoms with Crippen molar-refractivity contribution in [3.63, 3.8) is 0 Å². The summed E-state index contributed by atoms with van der Waals surface area (Å²) in [6.07, 6.45) is 1.85. The molecule has 1 unspecified atom stereocenters. The third-order valence-electron chi connectivity index (χ3n) is 6.39. The van der Waals surface area contributed by atoms with Crippen molar-refractivity contribution < 1.29 is 17.2 Å². The molecule has 1 aliphatic rings. The van der Waals surface area contributed by atoms with Gasteiger partial charge in [0.1, 0.15) is 18.0 Å². The van der Waals surface area contributed by atoms with Crippen LogP contribution in [0.15, 0.2) is 59.8 Å². The molecule has 3 aromatic rings. The zero-order chi connectivity index (χ0) is 23.1. The Hall–Kier alpha value is -2.71. The van der Waals surface area contributed by atoms with Crippen molar-refractivity contribution in [1.29, 1.82) is 0 Å². The summed E-state index contributed by atoms with van der Waals surface area (Å²) >= 11 is 0. The number of hydrogen-bond donors (Lipinski definition) is 0. The Kier molecular flexibility index (Phi) is 5.85. The molecule has 0 saturated carbocycles. The normalized spacial score (nSPS) is 17.0. The quantitative estimate of drug-likeness (QED) is 0.558. The Balaban J connectivity index is 1.78. The summed E-state index contributed by atoms with van der Waals surface area (Å²) in [6, 6.07) is 11.3. The van der Waals surface area contributed by atoms with Gasteiger partial charge in [-0.25, -0.2) is 27.2 Å². The van der Waals surface area contributed by atoms with Crippen LogP contribution in [-0.4, -0.2) is 35.8 Å². The summed E-state index contributed by atoms with van der Waals surface area (Å²) in [4.78, 5) is 8.64. The fourth-order valence-electron chi connectivity index (χ4n) is 4.78. The van der Waals surface area contributed by atoms with E-state index in [1.807, 2.05) is 19.9 Å². The Bertz CT molecular complexity index is 1240. The van der Waals surface area contributed by atoms with Crippen LogP contribution in [0.1, 0.15) is 28.9 Å². The Labute approximate surface area is 187 Å². The van der Waals surface area contributed by atoms with Gasteiger partial charge in [0, 0.05) is 41.4 Å². The fourth-order valence-corrected chi connectivity index (χ4v) is 6.35. The molecule has 2 aromatic carbocycles. The van der Waals surface area contributed by atoms with E-state index in [4.69, 9.17) is 0 Å². The number of aryl methyl sites for hydroxylation is 2. The van der Waals surface area contributed by atoms with Crippen LogP contribution in [0.5, 0.6) is 0 Å². The van der Waals surface area contributed by atoms with E-state index in [0.717, 1.165) is 23.0 Å². The molecular weight excluding hydrogens is 432 g/mol. The molecule has 1 radical (unpaired) electrons. The molecule has 0 N–H and O–H groups in total. The lowest BCUT2D eigenvalue weighted by Gasteiger charge is -2.51. The van der Waals surface area contributed by atoms with Gasteiger partial charge in [-0.3, -0.25) is 0 Å². The van der Waals surface area contributed by atoms with Crippen LogP contribution in [0.4, 0.5) is 8.78 Å². The molecular formula is C24H24F2N3O2S. The minimum absolute atomic E-state index is 0.0858. The molecule has 8 heteroatoms. The second-order valence-electron chi connectivity index (χ2n) is 8.13. The lowest BCUT2D eigenvalue weighted by atomic mass is 9.61. The predicted molar refractivity (Wildman–Crippen MR) is 117 cm³/mol. The first kappa shape index (κ1) is 22.5. The molecule has 2 heterocycles. The largest absolute Gasteiger partial charge is 0.243 e. The number of sulfonamides is 1. The highest BCUT2D eigenvalue weighted by Crippen LogP contribution is 2.48. The van der Waals surface area contributed by atoms with Crippen molar-refractivity contribution in [2.45, 2.75) is 30.6 Å². The van der Waals surface area contributed by atoms with Crippen molar-refractivity contribution >= 4 is 10.0 Å². The topological polar surface area (TPSA) is 63.2 Å². The molecule has 1 atom stereocenters. The van der Waals surface area contributed by atoms with Crippen molar-refractivity contribution in [3.8, 4) is 0 Å². The molecule has 0 spiro atoms. The fraction of sp³-hybridized carbons (Fsp3) is 0.292. The first-order valence-corrected chi connectivity index (χ1v) is 11.7. The molecule has 0 bridgehead atoms. The second-order valence-corrected chi connectivity index (χ2v) is 10.1. The van der Waals surface area contributed by atoms with Gasteiger partial charge in [-0.15, -0.1) is 0 Å². The smallest absolute Gasteiger partial charge is 0.241 e. The Morgan fingerprint density at radius 1 is 1.03 bits per heavy atom. The highest BCUT2D eigenvalue weighted by atomic mass is 32.2. The maximum absolute atomic E-state index is 14.3. The summed E-state index contributed by atoms with van der Waals surface area (Å²) < 4.78 is 55.3. The molecule has 0 amide bonds. The number of halogens is 2. The average molecular weight is 457 g/mol. The lowest BCUT2D eigenvalue weighted by Crippen LogP contribution is -2.58. The maximum atomic E-state index is 14.3. The third-order valence-corrected chi connectivity index (χ3v) is 8.21. The first-order valence-electron chi connectivity index (χ1n) is 10.3. The minimum Gasteiger partial charge on any atom is -0.241 e. The van der Waals surface area contributed by atoms with Gasteiger partial charge in [-0.1, -0.05) is 25.1 Å². The first-order chi connectivity index (χ1) is 15.2. The van der Waals surface area contributed by atoms with E-state index in [0.29, 0.717) is 12.0 Å². The number of benzene rings is 2. The van der Waals surface area contributed by atoms with Gasteiger partial charge in [0.2, 0.25) is 10.0 Å². The number of nitrogens with zero attached hydrogens (tertiary/aromatic N) is 3. The van der Waals surface area contributed by atoms with Crippen LogP contribution in [0.25, 0.3) is 0 Å². The number of hydrogen-bond acceptors (Lipinski definition) is 4. The number of rotatable bonds is 6. The van der Waals surface area contributed by atoms with Crippen LogP contribution in [-0.2, 0) is 15.4 Å². The summed E-state index contributed by atoms with van der Waals surface area (Å²) in [5.41, 5.74) is 2.27. The van der Waals surface area contributed by atoms with Gasteiger partial charge in [-0.2, -0.15) is 4.31 Å². The minimum atomic E-state index is -3.85. The molecule has 1 fully saturated rings. The highest BCUT2D eigenvalue weighted by molar-refractivity contribution is 7.89. The number of aromatic nitrogens is 2. The summed E-state index contributed by atoms with van der Waals surface area (Å²) in [6.45, 7) is 8.31. The zero-order valence-electron chi connectivity index (χ0n) is 17.9. The molecule has 5 nitrogen and oxygen atoms in total. The van der Waals surface area contributed by atoms with E-state index in [2.05, 4.69) is 16.9 Å². The third kappa shape index (κ3) is 3.61. The van der Waals surface area contributed by atoms with Gasteiger partial charge >= 0.3 is 0 Å². The molecule has 167 valence electrons. The van der Waals surface area contributed by atoms with Crippen LogP contribution in [0.2, 0.25) is 0 Å². The van der Waals surface area contributed by atoms with Crippen LogP contribution >= 0.6 is 0 Å². The standard InChI is InChI=1S/C24H24F2N3O2S/c1-4-24(18-7-5-8-20(25)11-18,23-16(2)27-15-28-17(23)3)19-13-29(14-19)32(30,31)22-10-6-9-21(26)12-22/h5-12,15,19H,1,4,13-14H2,2-3H3. The van der Waals surface area contributed by atoms with E-state index >= 15 is 0 Å². The molecule has 1 aromatic heterocycles. The zero-order valence-corrected chi connectivity index (χ0v) is 18.7. The van der Waals surface area contributed by atoms with Crippen molar-refractivity contribution in [2.75, 3.05) is 13.1 Å². The monoisotopic (exact) mass is 456 g/mol. The van der Waals surface area contributed by atoms with Crippen molar-refractivity contribution in [3.05, 3.63) is 95.9 Å². The lowest BCUT2D eigenvalue weighted by molar-refractivity contribution is 0.127. The molecule has 0 aliphatic carbocycles. The average Bonchev–Trinajstić information content (AvgIpc) is 2.71. The molecule has 32 heavy (non-hydrogen) atoms. The van der Waals surface area contributed by atoms with Crippen LogP contribution < -0.4 is 0 Å². The van der Waals surface area contributed by atoms with Gasteiger partial charge < -0.3 is 0 Å². The van der Waals surface area contributed by atoms with E-state index in [-0.39, 0.29) is 29.7 Å². The second kappa shape index (κ2) is 8.33. The summed E-state index contributed by atoms with van der Waals surface area (Å²) in [5.74, 6) is -1.17. The van der Waals surface area contributed by atoms with Crippen molar-refractivity contribution in [2.24, 2.45) is 5.92 Å². The Morgan fingerprint density at radius 3 is 2.19 bits per heavy atom. The molecule has 1 aliphatic heterocycles. The molecule has 4 rings (SSSR count). The highest BCUT2D eigenvalue weighted by Gasteiger charge is 2.51. The SMILES string of the molecule is [CH2]CC(c1cccc(F)c1)(c1c(C)ncnc1C)C1CN(S(=O)(=O)c2cccc(F)c2)C1. The van der Waals surface area contributed by atoms with Gasteiger partial charge in [0.15, 0.2) is 0 Å². The predicted octanol–water partition coefficient (Wildman–Crippen LogP) is 4.20. The maximum Gasteiger partial charge on any atom is 0.243 e. The van der Waals surface area contributed by atoms with Gasteiger partial charge in [-0.05, 0) is 56.2 Å². The van der Waals surface area contributed by atoms with Crippen LogP contribution in [0, 0.1) is 38.3 Å². The van der Waals surface area contributed by atoms with E-state index in [1.54, 1.807) is 6.07 Å². The van der Waals surface area contributed by atoms with Crippen LogP contribution in [0.3, 0.4) is 0 Å². The molecule has 1 saturated heterocycles. The van der Waals surface area contributed by atoms with Gasteiger partial charge in [0.25, 0.3) is 0 Å². The van der Waals surface area contributed by atoms with E-state index in [1.165, 1.54) is 41.0 Å². The van der Waals surface area contributed by atoms with E-state index in [9.17, 15) is 17.2 Å². The Morgan fingerprint density at radius 2 is 1.62 bits per heavy atom. The van der Waals surface area contributed by atoms with Gasteiger partial charge in [0.05, 0.1) is 4.90 Å². The summed E-state index contributed by atoms with van der Waals surface area (Å²) in [7, 11) is -3.85.